The average molecular weight is 244 g/mol. The van der Waals surface area contributed by atoms with Crippen LogP contribution in [-0.4, -0.2) is 27.7 Å². The van der Waals surface area contributed by atoms with Crippen molar-refractivity contribution in [1.82, 2.24) is 9.36 Å². The minimum atomic E-state index is -0.299. The highest BCUT2D eigenvalue weighted by Gasteiger charge is 1.99. The van der Waals surface area contributed by atoms with Gasteiger partial charge < -0.3 is 4.74 Å². The van der Waals surface area contributed by atoms with Gasteiger partial charge in [0.2, 0.25) is 0 Å². The molecule has 0 fully saturated rings. The molecule has 4 nitrogen and oxygen atoms in total. The third-order valence-electron chi connectivity index (χ3n) is 1.35. The molecule has 0 bridgehead atoms. The predicted octanol–water partition coefficient (Wildman–Crippen LogP) is 2.06. The fourth-order valence-corrected chi connectivity index (χ4v) is 2.27. The van der Waals surface area contributed by atoms with Crippen LogP contribution in [0, 0.1) is 6.92 Å². The fourth-order valence-electron chi connectivity index (χ4n) is 0.791. The summed E-state index contributed by atoms with van der Waals surface area (Å²) in [6.45, 7) is 4.05. The average Bonchev–Trinajstić information content (AvgIpc) is 2.60. The van der Waals surface area contributed by atoms with E-state index in [4.69, 9.17) is 4.74 Å². The van der Waals surface area contributed by atoms with Crippen LogP contribution in [0.2, 0.25) is 0 Å². The van der Waals surface area contributed by atoms with Crippen molar-refractivity contribution in [2.45, 2.75) is 18.2 Å². The van der Waals surface area contributed by atoms with Gasteiger partial charge in [0.25, 0.3) is 0 Å². The van der Waals surface area contributed by atoms with Crippen LogP contribution in [0.15, 0.2) is 16.5 Å². The first-order valence-electron chi connectivity index (χ1n) is 4.48. The van der Waals surface area contributed by atoms with Crippen molar-refractivity contribution < 1.29 is 9.53 Å². The van der Waals surface area contributed by atoms with E-state index in [9.17, 15) is 4.79 Å². The highest BCUT2D eigenvalue weighted by molar-refractivity contribution is 8.01. The second-order valence-electron chi connectivity index (χ2n) is 2.57. The highest BCUT2D eigenvalue weighted by atomic mass is 32.2. The zero-order chi connectivity index (χ0) is 11.1. The maximum atomic E-state index is 10.9. The number of nitrogens with zero attached hydrogens (tertiary/aromatic N) is 2. The molecule has 0 amide bonds. The number of carbonyl (C=O) groups excluding carboxylic acids is 1. The van der Waals surface area contributed by atoms with E-state index in [1.807, 2.05) is 6.92 Å². The van der Waals surface area contributed by atoms with E-state index < -0.39 is 0 Å². The zero-order valence-corrected chi connectivity index (χ0v) is 10.2. The Morgan fingerprint density at radius 3 is 3.07 bits per heavy atom. The normalized spacial score (nSPS) is 10.8. The quantitative estimate of drug-likeness (QED) is 0.451. The summed E-state index contributed by atoms with van der Waals surface area (Å²) in [5.41, 5.74) is 0. The zero-order valence-electron chi connectivity index (χ0n) is 8.60. The standard InChI is InChI=1S/C9H12N2O2S2/c1-3-13-8(12)5-4-6-14-9-10-7(2)11-15-9/h4-5H,3,6H2,1-2H3/b5-4+. The molecule has 0 unspecified atom stereocenters. The first kappa shape index (κ1) is 12.2. The lowest BCUT2D eigenvalue weighted by Gasteiger charge is -1.93. The predicted molar refractivity (Wildman–Crippen MR) is 61.1 cm³/mol. The molecule has 15 heavy (non-hydrogen) atoms. The van der Waals surface area contributed by atoms with E-state index in [0.29, 0.717) is 12.4 Å². The molecule has 0 aromatic carbocycles. The van der Waals surface area contributed by atoms with Crippen molar-refractivity contribution in [3.05, 3.63) is 18.0 Å². The Labute approximate surface area is 96.9 Å². The van der Waals surface area contributed by atoms with Gasteiger partial charge in [0.15, 0.2) is 4.34 Å². The second-order valence-corrected chi connectivity index (χ2v) is 4.59. The summed E-state index contributed by atoms with van der Waals surface area (Å²) in [7, 11) is 0. The number of thioether (sulfide) groups is 1. The Hall–Kier alpha value is -0.880. The number of carbonyl (C=O) groups is 1. The van der Waals surface area contributed by atoms with Gasteiger partial charge in [-0.2, -0.15) is 4.37 Å². The first-order chi connectivity index (χ1) is 7.22. The first-order valence-corrected chi connectivity index (χ1v) is 6.24. The van der Waals surface area contributed by atoms with E-state index in [-0.39, 0.29) is 5.97 Å². The molecule has 0 atom stereocenters. The molecule has 1 aromatic heterocycles. The van der Waals surface area contributed by atoms with Crippen molar-refractivity contribution >= 4 is 29.3 Å². The Bertz CT molecular complexity index is 350. The van der Waals surface area contributed by atoms with Crippen molar-refractivity contribution in [1.29, 1.82) is 0 Å². The van der Waals surface area contributed by atoms with E-state index in [0.717, 1.165) is 10.2 Å². The summed E-state index contributed by atoms with van der Waals surface area (Å²) < 4.78 is 9.71. The number of aromatic nitrogens is 2. The molecule has 1 rings (SSSR count). The Balaban J connectivity index is 2.24. The van der Waals surface area contributed by atoms with Crippen molar-refractivity contribution in [2.24, 2.45) is 0 Å². The van der Waals surface area contributed by atoms with Gasteiger partial charge in [0.05, 0.1) is 6.61 Å². The number of hydrogen-bond acceptors (Lipinski definition) is 6. The van der Waals surface area contributed by atoms with Gasteiger partial charge in [-0.1, -0.05) is 17.8 Å². The van der Waals surface area contributed by atoms with Crippen molar-refractivity contribution in [3.8, 4) is 0 Å². The van der Waals surface area contributed by atoms with Crippen LogP contribution in [0.4, 0.5) is 0 Å². The molecule has 82 valence electrons. The van der Waals surface area contributed by atoms with Gasteiger partial charge >= 0.3 is 5.97 Å². The molecular formula is C9H12N2O2S2. The number of ether oxygens (including phenoxy) is 1. The molecule has 0 aliphatic rings. The van der Waals surface area contributed by atoms with Crippen LogP contribution < -0.4 is 0 Å². The third kappa shape index (κ3) is 4.94. The third-order valence-corrected chi connectivity index (χ3v) is 3.23. The Morgan fingerprint density at radius 1 is 1.67 bits per heavy atom. The van der Waals surface area contributed by atoms with Crippen molar-refractivity contribution in [3.63, 3.8) is 0 Å². The van der Waals surface area contributed by atoms with Crippen LogP contribution in [0.25, 0.3) is 0 Å². The van der Waals surface area contributed by atoms with Crippen molar-refractivity contribution in [2.75, 3.05) is 12.4 Å². The molecule has 0 saturated carbocycles. The molecule has 0 saturated heterocycles. The largest absolute Gasteiger partial charge is 0.463 e. The molecule has 0 spiro atoms. The fraction of sp³-hybridized carbons (Fsp3) is 0.444. The minimum absolute atomic E-state index is 0.299. The lowest BCUT2D eigenvalue weighted by atomic mass is 10.5. The van der Waals surface area contributed by atoms with Crippen LogP contribution >= 0.6 is 23.3 Å². The number of esters is 1. The van der Waals surface area contributed by atoms with E-state index in [1.165, 1.54) is 17.6 Å². The topological polar surface area (TPSA) is 52.1 Å². The Kier molecular flexibility index (Phi) is 5.34. The minimum Gasteiger partial charge on any atom is -0.463 e. The highest BCUT2D eigenvalue weighted by Crippen LogP contribution is 2.19. The maximum absolute atomic E-state index is 10.9. The van der Waals surface area contributed by atoms with E-state index in [2.05, 4.69) is 9.36 Å². The van der Waals surface area contributed by atoms with Gasteiger partial charge in [0, 0.05) is 11.8 Å². The molecule has 0 N–H and O–H groups in total. The van der Waals surface area contributed by atoms with Gasteiger partial charge in [-0.05, 0) is 25.4 Å². The number of aryl methyl sites for hydroxylation is 1. The van der Waals surface area contributed by atoms with Gasteiger partial charge in [0.1, 0.15) is 5.82 Å². The lowest BCUT2D eigenvalue weighted by Crippen LogP contribution is -1.98. The van der Waals surface area contributed by atoms with Crippen LogP contribution in [0.5, 0.6) is 0 Å². The lowest BCUT2D eigenvalue weighted by molar-refractivity contribution is -0.137. The molecule has 0 radical (unpaired) electrons. The van der Waals surface area contributed by atoms with Gasteiger partial charge in [-0.25, -0.2) is 9.78 Å². The molecule has 0 aliphatic heterocycles. The maximum Gasteiger partial charge on any atom is 0.330 e. The van der Waals surface area contributed by atoms with E-state index in [1.54, 1.807) is 24.8 Å². The SMILES string of the molecule is CCOC(=O)/C=C/CSc1nc(C)ns1. The van der Waals surface area contributed by atoms with Gasteiger partial charge in [-0.15, -0.1) is 0 Å². The van der Waals surface area contributed by atoms with Crippen LogP contribution in [0.1, 0.15) is 12.7 Å². The summed E-state index contributed by atoms with van der Waals surface area (Å²) in [5.74, 6) is 1.19. The summed E-state index contributed by atoms with van der Waals surface area (Å²) >= 11 is 2.92. The van der Waals surface area contributed by atoms with Gasteiger partial charge in [-0.3, -0.25) is 0 Å². The Morgan fingerprint density at radius 2 is 2.47 bits per heavy atom. The number of rotatable bonds is 5. The summed E-state index contributed by atoms with van der Waals surface area (Å²) in [6.07, 6.45) is 3.20. The van der Waals surface area contributed by atoms with Crippen LogP contribution in [0.3, 0.4) is 0 Å². The summed E-state index contributed by atoms with van der Waals surface area (Å²) in [5, 5.41) is 0. The monoisotopic (exact) mass is 244 g/mol. The molecule has 6 heteroatoms. The smallest absolute Gasteiger partial charge is 0.330 e. The second kappa shape index (κ2) is 6.58. The molecule has 1 aromatic rings. The summed E-state index contributed by atoms with van der Waals surface area (Å²) in [4.78, 5) is 15.1. The van der Waals surface area contributed by atoms with Crippen LogP contribution in [-0.2, 0) is 9.53 Å². The summed E-state index contributed by atoms with van der Waals surface area (Å²) in [6, 6.07) is 0. The molecule has 0 aliphatic carbocycles. The van der Waals surface area contributed by atoms with E-state index >= 15 is 0 Å². The molecule has 1 heterocycles. The number of hydrogen-bond donors (Lipinski definition) is 0. The molecular weight excluding hydrogens is 232 g/mol.